The predicted molar refractivity (Wildman–Crippen MR) is 98.4 cm³/mol. The molecule has 1 amide bonds. The van der Waals surface area contributed by atoms with E-state index in [4.69, 9.17) is 11.6 Å². The Morgan fingerprint density at radius 2 is 2.33 bits per heavy atom. The number of aromatic nitrogens is 2. The van der Waals surface area contributed by atoms with Crippen LogP contribution in [0, 0.1) is 0 Å². The van der Waals surface area contributed by atoms with Gasteiger partial charge in [-0.05, 0) is 37.6 Å². The molecular weight excluding hydrogens is 347 g/mol. The fourth-order valence-corrected chi connectivity index (χ4v) is 3.14. The summed E-state index contributed by atoms with van der Waals surface area (Å²) in [7, 11) is 0. The van der Waals surface area contributed by atoms with Gasteiger partial charge in [0.2, 0.25) is 0 Å². The monoisotopic (exact) mass is 368 g/mol. The minimum atomic E-state index is 0. The molecule has 2 heterocycles. The van der Waals surface area contributed by atoms with Crippen LogP contribution in [-0.2, 0) is 0 Å². The van der Waals surface area contributed by atoms with E-state index in [2.05, 4.69) is 17.3 Å². The van der Waals surface area contributed by atoms with Gasteiger partial charge in [0.25, 0.3) is 5.91 Å². The van der Waals surface area contributed by atoms with Gasteiger partial charge in [-0.25, -0.2) is 4.68 Å². The number of nitrogens with one attached hydrogen (secondary N) is 1. The van der Waals surface area contributed by atoms with Gasteiger partial charge >= 0.3 is 0 Å². The van der Waals surface area contributed by atoms with E-state index in [1.807, 2.05) is 29.2 Å². The molecule has 24 heavy (non-hydrogen) atoms. The molecule has 0 aliphatic carbocycles. The first-order valence-electron chi connectivity index (χ1n) is 8.01. The maximum atomic E-state index is 12.9. The third-order valence-electron chi connectivity index (χ3n) is 4.10. The first-order chi connectivity index (χ1) is 11.2. The first kappa shape index (κ1) is 18.8. The second-order valence-electron chi connectivity index (χ2n) is 5.80. The Kier molecular flexibility index (Phi) is 6.66. The molecule has 1 saturated heterocycles. The van der Waals surface area contributed by atoms with E-state index >= 15 is 0 Å². The molecule has 1 fully saturated rings. The van der Waals surface area contributed by atoms with Crippen molar-refractivity contribution in [3.8, 4) is 5.69 Å². The van der Waals surface area contributed by atoms with Crippen molar-refractivity contribution in [3.63, 3.8) is 0 Å². The van der Waals surface area contributed by atoms with Gasteiger partial charge in [-0.3, -0.25) is 4.79 Å². The van der Waals surface area contributed by atoms with Crippen molar-refractivity contribution in [2.24, 2.45) is 0 Å². The molecule has 0 radical (unpaired) electrons. The molecule has 1 aromatic carbocycles. The van der Waals surface area contributed by atoms with Crippen molar-refractivity contribution in [1.82, 2.24) is 20.0 Å². The standard InChI is InChI=1S/C17H21ClN4O.ClH/c1-2-8-21(16-6-7-19-11-16)17(23)13-10-20-22(12-13)15-5-3-4-14(18)9-15;/h3-5,9-10,12,16,19H,2,6-8,11H2,1H3;1H. The van der Waals surface area contributed by atoms with Crippen LogP contribution in [-0.4, -0.2) is 46.3 Å². The van der Waals surface area contributed by atoms with Crippen LogP contribution in [0.1, 0.15) is 30.1 Å². The molecule has 3 rings (SSSR count). The van der Waals surface area contributed by atoms with Crippen LogP contribution in [0.4, 0.5) is 0 Å². The van der Waals surface area contributed by atoms with Crippen molar-refractivity contribution in [1.29, 1.82) is 0 Å². The summed E-state index contributed by atoms with van der Waals surface area (Å²) in [4.78, 5) is 14.8. The van der Waals surface area contributed by atoms with Crippen LogP contribution < -0.4 is 5.32 Å². The Morgan fingerprint density at radius 1 is 1.50 bits per heavy atom. The van der Waals surface area contributed by atoms with Gasteiger partial charge in [-0.1, -0.05) is 24.6 Å². The predicted octanol–water partition coefficient (Wildman–Crippen LogP) is 3.16. The highest BCUT2D eigenvalue weighted by Gasteiger charge is 2.27. The van der Waals surface area contributed by atoms with Gasteiger partial charge in [0, 0.05) is 30.4 Å². The van der Waals surface area contributed by atoms with Crippen LogP contribution in [0.25, 0.3) is 5.69 Å². The zero-order chi connectivity index (χ0) is 16.2. The van der Waals surface area contributed by atoms with E-state index < -0.39 is 0 Å². The van der Waals surface area contributed by atoms with Gasteiger partial charge in [0.15, 0.2) is 0 Å². The molecule has 1 aromatic heterocycles. The maximum Gasteiger partial charge on any atom is 0.257 e. The zero-order valence-electron chi connectivity index (χ0n) is 13.6. The minimum Gasteiger partial charge on any atom is -0.334 e. The van der Waals surface area contributed by atoms with Gasteiger partial charge < -0.3 is 10.2 Å². The van der Waals surface area contributed by atoms with Gasteiger partial charge in [0.1, 0.15) is 0 Å². The topological polar surface area (TPSA) is 50.2 Å². The Bertz CT molecular complexity index is 683. The lowest BCUT2D eigenvalue weighted by atomic mass is 10.1. The van der Waals surface area contributed by atoms with Gasteiger partial charge in [0.05, 0.1) is 17.4 Å². The smallest absolute Gasteiger partial charge is 0.257 e. The van der Waals surface area contributed by atoms with Crippen LogP contribution >= 0.6 is 24.0 Å². The molecule has 0 spiro atoms. The average molecular weight is 369 g/mol. The van der Waals surface area contributed by atoms with Crippen molar-refractivity contribution in [2.45, 2.75) is 25.8 Å². The summed E-state index contributed by atoms with van der Waals surface area (Å²) in [6, 6.07) is 7.70. The van der Waals surface area contributed by atoms with Crippen LogP contribution in [0.2, 0.25) is 5.02 Å². The van der Waals surface area contributed by atoms with Crippen molar-refractivity contribution in [3.05, 3.63) is 47.2 Å². The molecule has 0 saturated carbocycles. The fourth-order valence-electron chi connectivity index (χ4n) is 2.96. The van der Waals surface area contributed by atoms with E-state index in [-0.39, 0.29) is 24.4 Å². The molecule has 1 aliphatic heterocycles. The van der Waals surface area contributed by atoms with Gasteiger partial charge in [-0.15, -0.1) is 12.4 Å². The molecule has 5 nitrogen and oxygen atoms in total. The highest BCUT2D eigenvalue weighted by atomic mass is 35.5. The van der Waals surface area contributed by atoms with Crippen molar-refractivity contribution in [2.75, 3.05) is 19.6 Å². The number of nitrogens with zero attached hydrogens (tertiary/aromatic N) is 3. The van der Waals surface area contributed by atoms with E-state index in [1.165, 1.54) is 0 Å². The normalized spacial score (nSPS) is 16.7. The molecule has 1 N–H and O–H groups in total. The SMILES string of the molecule is CCCN(C(=O)c1cnn(-c2cccc(Cl)c2)c1)C1CCNC1.Cl. The number of carbonyl (C=O) groups is 1. The van der Waals surface area contributed by atoms with Crippen molar-refractivity contribution >= 4 is 29.9 Å². The van der Waals surface area contributed by atoms with E-state index in [1.54, 1.807) is 17.1 Å². The maximum absolute atomic E-state index is 12.9. The van der Waals surface area contributed by atoms with Crippen LogP contribution in [0.3, 0.4) is 0 Å². The number of amides is 1. The molecule has 1 atom stereocenters. The molecule has 1 aliphatic rings. The average Bonchev–Trinajstić information content (AvgIpc) is 3.23. The molecule has 2 aromatic rings. The summed E-state index contributed by atoms with van der Waals surface area (Å²) in [6.07, 6.45) is 5.37. The summed E-state index contributed by atoms with van der Waals surface area (Å²) in [5.41, 5.74) is 1.46. The number of hydrogen-bond acceptors (Lipinski definition) is 3. The summed E-state index contributed by atoms with van der Waals surface area (Å²) in [5.74, 6) is 0.0498. The highest BCUT2D eigenvalue weighted by Crippen LogP contribution is 2.17. The van der Waals surface area contributed by atoms with E-state index in [0.29, 0.717) is 10.6 Å². The second kappa shape index (κ2) is 8.51. The summed E-state index contributed by atoms with van der Waals surface area (Å²) < 4.78 is 1.69. The lowest BCUT2D eigenvalue weighted by Gasteiger charge is -2.27. The van der Waals surface area contributed by atoms with Gasteiger partial charge in [-0.2, -0.15) is 5.10 Å². The molecule has 0 bridgehead atoms. The number of rotatable bonds is 5. The summed E-state index contributed by atoms with van der Waals surface area (Å²) in [5, 5.41) is 8.29. The Balaban J connectivity index is 0.00000208. The fraction of sp³-hybridized carbons (Fsp3) is 0.412. The minimum absolute atomic E-state index is 0. The Labute approximate surface area is 153 Å². The number of benzene rings is 1. The largest absolute Gasteiger partial charge is 0.334 e. The lowest BCUT2D eigenvalue weighted by molar-refractivity contribution is 0.0692. The lowest BCUT2D eigenvalue weighted by Crippen LogP contribution is -2.42. The Hall–Kier alpha value is -1.56. The Morgan fingerprint density at radius 3 is 3.00 bits per heavy atom. The van der Waals surface area contributed by atoms with Crippen molar-refractivity contribution < 1.29 is 4.79 Å². The van der Waals surface area contributed by atoms with E-state index in [0.717, 1.165) is 38.2 Å². The molecular formula is C17H22Cl2N4O. The number of halogens is 2. The van der Waals surface area contributed by atoms with E-state index in [9.17, 15) is 4.79 Å². The molecule has 130 valence electrons. The number of carbonyl (C=O) groups excluding carboxylic acids is 1. The summed E-state index contributed by atoms with van der Waals surface area (Å²) in [6.45, 7) is 4.71. The highest BCUT2D eigenvalue weighted by molar-refractivity contribution is 6.30. The quantitative estimate of drug-likeness (QED) is 0.881. The van der Waals surface area contributed by atoms with Crippen LogP contribution in [0.5, 0.6) is 0 Å². The zero-order valence-corrected chi connectivity index (χ0v) is 15.2. The van der Waals surface area contributed by atoms with Crippen LogP contribution in [0.15, 0.2) is 36.7 Å². The summed E-state index contributed by atoms with van der Waals surface area (Å²) >= 11 is 6.02. The third kappa shape index (κ3) is 4.09. The third-order valence-corrected chi connectivity index (χ3v) is 4.34. The molecule has 1 unspecified atom stereocenters. The number of hydrogen-bond donors (Lipinski definition) is 1. The second-order valence-corrected chi connectivity index (χ2v) is 6.24. The first-order valence-corrected chi connectivity index (χ1v) is 8.39. The molecule has 7 heteroatoms.